The molecule has 0 fully saturated rings. The third-order valence-corrected chi connectivity index (χ3v) is 2.04. The van der Waals surface area contributed by atoms with Gasteiger partial charge in [0.25, 0.3) is 0 Å². The Labute approximate surface area is 68.9 Å². The fraction of sp³-hybridized carbons (Fsp3) is 0. The maximum absolute atomic E-state index is 10.2. The molecule has 0 heterocycles. The molecule has 0 aromatic rings. The van der Waals surface area contributed by atoms with Crippen LogP contribution >= 0.6 is 0 Å². The molecular formula is C5H6N2O2W. The zero-order chi connectivity index (χ0) is 8.15. The number of amidine groups is 1. The number of rotatable bonds is 3. The van der Waals surface area contributed by atoms with Crippen LogP contribution in [-0.4, -0.2) is 20.8 Å². The summed E-state index contributed by atoms with van der Waals surface area (Å²) in [5, 5.41) is 8.37. The van der Waals surface area contributed by atoms with Gasteiger partial charge in [0, 0.05) is 0 Å². The molecule has 0 unspecified atom stereocenters. The van der Waals surface area contributed by atoms with Gasteiger partial charge in [-0.25, -0.2) is 0 Å². The Morgan fingerprint density at radius 1 is 1.80 bits per heavy atom. The number of aliphatic imine (C=N–C) groups is 1. The Morgan fingerprint density at radius 3 is 2.60 bits per heavy atom. The van der Waals surface area contributed by atoms with Crippen molar-refractivity contribution in [1.82, 2.24) is 0 Å². The first kappa shape index (κ1) is 9.24. The summed E-state index contributed by atoms with van der Waals surface area (Å²) in [5.41, 5.74) is 5.21. The average Bonchev–Trinajstić information content (AvgIpc) is 1.87. The van der Waals surface area contributed by atoms with Crippen LogP contribution in [0.15, 0.2) is 17.8 Å². The van der Waals surface area contributed by atoms with Gasteiger partial charge in [-0.3, -0.25) is 0 Å². The summed E-state index contributed by atoms with van der Waals surface area (Å²) >= 11 is 0.783. The molecule has 0 aromatic carbocycles. The number of aliphatic carboxylic acids is 1. The molecule has 0 atom stereocenters. The number of carbonyl (C=O) groups is 1. The van der Waals surface area contributed by atoms with E-state index in [2.05, 4.69) is 11.6 Å². The average molecular weight is 310 g/mol. The van der Waals surface area contributed by atoms with E-state index >= 15 is 0 Å². The van der Waals surface area contributed by atoms with Crippen molar-refractivity contribution in [3.63, 3.8) is 0 Å². The van der Waals surface area contributed by atoms with Gasteiger partial charge in [-0.05, 0) is 0 Å². The van der Waals surface area contributed by atoms with Crippen LogP contribution < -0.4 is 5.73 Å². The van der Waals surface area contributed by atoms with Crippen molar-refractivity contribution in [3.8, 4) is 0 Å². The Hall–Kier alpha value is -0.762. The topological polar surface area (TPSA) is 75.7 Å². The zero-order valence-electron chi connectivity index (χ0n) is 5.07. The molecule has 3 N–H and O–H groups in total. The second-order valence-corrected chi connectivity index (χ2v) is 2.80. The Balaban J connectivity index is 4.36. The third kappa shape index (κ3) is 2.69. The van der Waals surface area contributed by atoms with E-state index in [1.807, 2.05) is 0 Å². The van der Waals surface area contributed by atoms with Crippen LogP contribution in [0.1, 0.15) is 0 Å². The maximum atomic E-state index is 10.2. The Bertz CT molecular complexity index is 210. The van der Waals surface area contributed by atoms with Crippen molar-refractivity contribution in [1.29, 1.82) is 0 Å². The van der Waals surface area contributed by atoms with Crippen LogP contribution in [-0.2, 0) is 24.1 Å². The number of hydrogen-bond acceptors (Lipinski definition) is 2. The molecule has 0 aliphatic rings. The monoisotopic (exact) mass is 310 g/mol. The van der Waals surface area contributed by atoms with Gasteiger partial charge in [-0.1, -0.05) is 0 Å². The van der Waals surface area contributed by atoms with Crippen LogP contribution in [0.5, 0.6) is 0 Å². The molecule has 0 aromatic heterocycles. The summed E-state index contributed by atoms with van der Waals surface area (Å²) in [6.07, 6.45) is 1.21. The summed E-state index contributed by atoms with van der Waals surface area (Å²) in [4.78, 5) is 13.7. The summed E-state index contributed by atoms with van der Waals surface area (Å²) in [5.74, 6) is -1.00. The summed E-state index contributed by atoms with van der Waals surface area (Å²) in [6.45, 7) is 3.28. The molecule has 0 aliphatic carbocycles. The quantitative estimate of drug-likeness (QED) is 0.534. The molecule has 0 rings (SSSR count). The van der Waals surface area contributed by atoms with E-state index in [9.17, 15) is 4.79 Å². The van der Waals surface area contributed by atoms with Gasteiger partial charge in [0.1, 0.15) is 0 Å². The van der Waals surface area contributed by atoms with Gasteiger partial charge in [0.2, 0.25) is 0 Å². The number of hydrogen-bond donors (Lipinski definition) is 2. The minimum atomic E-state index is -1.03. The first-order valence-electron chi connectivity index (χ1n) is 2.31. The van der Waals surface area contributed by atoms with Gasteiger partial charge in [0.15, 0.2) is 0 Å². The molecule has 0 amide bonds. The molecule has 54 valence electrons. The van der Waals surface area contributed by atoms with Gasteiger partial charge >= 0.3 is 68.5 Å². The van der Waals surface area contributed by atoms with E-state index < -0.39 is 5.97 Å². The fourth-order valence-electron chi connectivity index (χ4n) is 0.267. The molecular weight excluding hydrogens is 304 g/mol. The van der Waals surface area contributed by atoms with Crippen molar-refractivity contribution in [2.75, 3.05) is 0 Å². The molecule has 0 aliphatic heterocycles. The Morgan fingerprint density at radius 2 is 2.30 bits per heavy atom. The molecule has 10 heavy (non-hydrogen) atoms. The van der Waals surface area contributed by atoms with Crippen LogP contribution in [0.3, 0.4) is 0 Å². The molecule has 5 heteroatoms. The zero-order valence-corrected chi connectivity index (χ0v) is 8.01. The van der Waals surface area contributed by atoms with E-state index in [0.717, 1.165) is 19.4 Å². The van der Waals surface area contributed by atoms with Crippen molar-refractivity contribution in [3.05, 3.63) is 12.8 Å². The number of carboxylic acids is 1. The molecule has 0 saturated heterocycles. The number of carboxylic acid groups (broad SMARTS) is 1. The van der Waals surface area contributed by atoms with Gasteiger partial charge in [-0.15, -0.1) is 0 Å². The molecule has 0 radical (unpaired) electrons. The molecule has 0 saturated carbocycles. The predicted molar refractivity (Wildman–Crippen MR) is 34.5 cm³/mol. The molecule has 4 nitrogen and oxygen atoms in total. The van der Waals surface area contributed by atoms with Crippen molar-refractivity contribution >= 4 is 15.7 Å². The fourth-order valence-corrected chi connectivity index (χ4v) is 0.456. The van der Waals surface area contributed by atoms with Gasteiger partial charge in [0.05, 0.1) is 0 Å². The second-order valence-electron chi connectivity index (χ2n) is 1.33. The number of nitrogens with zero attached hydrogens (tertiary/aromatic N) is 1. The van der Waals surface area contributed by atoms with E-state index in [-0.39, 0.29) is 9.73 Å². The summed E-state index contributed by atoms with van der Waals surface area (Å²) in [6, 6.07) is 0. The van der Waals surface area contributed by atoms with Crippen molar-refractivity contribution < 1.29 is 29.3 Å². The summed E-state index contributed by atoms with van der Waals surface area (Å²) in [7, 11) is 0. The number of nitrogens with two attached hydrogens (primary N) is 1. The first-order chi connectivity index (χ1) is 4.59. The minimum absolute atomic E-state index is 0.0255. The second kappa shape index (κ2) is 4.12. The van der Waals surface area contributed by atoms with E-state index in [4.69, 9.17) is 10.8 Å². The standard InChI is InChI=1S/C5H6N2O2.W/c1-2-7-4(6)3-5(8)9;/h2H,1H2,(H2,6,7)(H,8,9);. The van der Waals surface area contributed by atoms with E-state index in [0.29, 0.717) is 0 Å². The van der Waals surface area contributed by atoms with E-state index in [1.165, 1.54) is 6.20 Å². The summed E-state index contributed by atoms with van der Waals surface area (Å²) < 4.78 is 0.111. The van der Waals surface area contributed by atoms with Gasteiger partial charge < -0.3 is 0 Å². The van der Waals surface area contributed by atoms with Crippen molar-refractivity contribution in [2.24, 2.45) is 10.7 Å². The van der Waals surface area contributed by atoms with Gasteiger partial charge in [-0.2, -0.15) is 0 Å². The predicted octanol–water partition coefficient (Wildman–Crippen LogP) is -0.709. The third-order valence-electron chi connectivity index (χ3n) is 0.657. The van der Waals surface area contributed by atoms with E-state index in [1.54, 1.807) is 0 Å². The van der Waals surface area contributed by atoms with Crippen LogP contribution in [0.4, 0.5) is 0 Å². The molecule has 0 spiro atoms. The molecule has 0 bridgehead atoms. The SMILES string of the molecule is C=CN=C(N)[C](=[W])C(=O)O. The van der Waals surface area contributed by atoms with Crippen LogP contribution in [0, 0.1) is 0 Å². The van der Waals surface area contributed by atoms with Crippen LogP contribution in [0.25, 0.3) is 0 Å². The normalized spacial score (nSPS) is 10.6. The first-order valence-corrected chi connectivity index (χ1v) is 3.78. The van der Waals surface area contributed by atoms with Crippen LogP contribution in [0.2, 0.25) is 0 Å². The Kier molecular flexibility index (Phi) is 3.80. The van der Waals surface area contributed by atoms with Crippen molar-refractivity contribution in [2.45, 2.75) is 0 Å².